The molecule has 0 fully saturated rings. The molecule has 1 heteroatoms. The van der Waals surface area contributed by atoms with Crippen LogP contribution in [0, 0.1) is 5.92 Å². The molecule has 0 bridgehead atoms. The first-order valence-corrected chi connectivity index (χ1v) is 6.15. The highest BCUT2D eigenvalue weighted by Crippen LogP contribution is 2.12. The zero-order chi connectivity index (χ0) is 13.3. The van der Waals surface area contributed by atoms with Crippen LogP contribution in [0.5, 0.6) is 0 Å². The molecule has 91 valence electrons. The van der Waals surface area contributed by atoms with E-state index >= 15 is 0 Å². The Bertz CT molecular complexity index is 341. The van der Waals surface area contributed by atoms with E-state index < -0.39 is 0 Å². The van der Waals surface area contributed by atoms with E-state index in [0.29, 0.717) is 5.92 Å². The zero-order valence-electron chi connectivity index (χ0n) is 11.7. The fraction of sp³-hybridized carbons (Fsp3) is 0.375. The normalized spacial score (nSPS) is 13.2. The molecule has 1 radical (unpaired) electrons. The van der Waals surface area contributed by atoms with E-state index in [9.17, 15) is 0 Å². The highest BCUT2D eigenvalue weighted by molar-refractivity contribution is 6.46. The number of hydrogen-bond acceptors (Lipinski definition) is 0. The van der Waals surface area contributed by atoms with E-state index in [1.165, 1.54) is 16.6 Å². The standard InChI is InChI=1S/C16H24B/c1-7-9-16(11-10-14(5)8-2)12-17-15(6)13(3)4/h7-11,13H,2,6,12H2,1,3-5H3/b9-7-,14-10-,16-11+. The predicted octanol–water partition coefficient (Wildman–Crippen LogP) is 4.91. The highest BCUT2D eigenvalue weighted by atomic mass is 13.9. The summed E-state index contributed by atoms with van der Waals surface area (Å²) in [6, 6.07) is 0. The van der Waals surface area contributed by atoms with Gasteiger partial charge in [0.05, 0.1) is 0 Å². The van der Waals surface area contributed by atoms with Crippen molar-refractivity contribution in [2.45, 2.75) is 34.0 Å². The molecule has 0 heterocycles. The Kier molecular flexibility index (Phi) is 8.22. The van der Waals surface area contributed by atoms with Crippen molar-refractivity contribution in [1.82, 2.24) is 0 Å². The lowest BCUT2D eigenvalue weighted by Gasteiger charge is -2.08. The fourth-order valence-electron chi connectivity index (χ4n) is 1.20. The molecule has 17 heavy (non-hydrogen) atoms. The lowest BCUT2D eigenvalue weighted by molar-refractivity contribution is 0.813. The predicted molar refractivity (Wildman–Crippen MR) is 81.4 cm³/mol. The SMILES string of the molecule is C=C\C(C)=C/C=C(\C=C/C)C[B]C(=C)C(C)C. The maximum absolute atomic E-state index is 4.06. The van der Waals surface area contributed by atoms with Crippen molar-refractivity contribution in [3.63, 3.8) is 0 Å². The van der Waals surface area contributed by atoms with Crippen LogP contribution >= 0.6 is 0 Å². The Morgan fingerprint density at radius 1 is 1.29 bits per heavy atom. The molecular formula is C16H24B. The van der Waals surface area contributed by atoms with Crippen molar-refractivity contribution >= 4 is 7.28 Å². The molecule has 0 spiro atoms. The molecule has 0 rings (SSSR count). The third-order valence-electron chi connectivity index (χ3n) is 2.60. The summed E-state index contributed by atoms with van der Waals surface area (Å²) >= 11 is 0. The largest absolute Gasteiger partial charge is 0.150 e. The third-order valence-corrected chi connectivity index (χ3v) is 2.60. The molecule has 0 aromatic carbocycles. The van der Waals surface area contributed by atoms with Gasteiger partial charge in [0.15, 0.2) is 0 Å². The average molecular weight is 227 g/mol. The van der Waals surface area contributed by atoms with Crippen LogP contribution in [0.25, 0.3) is 0 Å². The quantitative estimate of drug-likeness (QED) is 0.428. The van der Waals surface area contributed by atoms with Gasteiger partial charge in [0.25, 0.3) is 0 Å². The molecule has 0 saturated carbocycles. The van der Waals surface area contributed by atoms with Crippen LogP contribution in [0.15, 0.2) is 60.2 Å². The van der Waals surface area contributed by atoms with Crippen molar-refractivity contribution in [3.8, 4) is 0 Å². The van der Waals surface area contributed by atoms with Crippen molar-refractivity contribution in [1.29, 1.82) is 0 Å². The second-order valence-corrected chi connectivity index (χ2v) is 4.49. The first-order valence-electron chi connectivity index (χ1n) is 6.15. The minimum absolute atomic E-state index is 0.521. The maximum atomic E-state index is 4.06. The molecule has 0 aliphatic rings. The van der Waals surface area contributed by atoms with Crippen molar-refractivity contribution in [2.75, 3.05) is 0 Å². The van der Waals surface area contributed by atoms with E-state index in [1.54, 1.807) is 0 Å². The molecule has 0 nitrogen and oxygen atoms in total. The maximum Gasteiger partial charge on any atom is 0.150 e. The molecule has 0 aliphatic carbocycles. The molecule has 0 saturated heterocycles. The molecule has 0 aromatic rings. The van der Waals surface area contributed by atoms with Crippen molar-refractivity contribution in [2.24, 2.45) is 5.92 Å². The second kappa shape index (κ2) is 8.86. The summed E-state index contributed by atoms with van der Waals surface area (Å²) in [5, 5.41) is 0. The summed E-state index contributed by atoms with van der Waals surface area (Å²) in [4.78, 5) is 0. The Morgan fingerprint density at radius 2 is 1.94 bits per heavy atom. The van der Waals surface area contributed by atoms with Gasteiger partial charge in [0, 0.05) is 0 Å². The molecule has 0 N–H and O–H groups in total. The van der Waals surface area contributed by atoms with Crippen LogP contribution in [0.4, 0.5) is 0 Å². The van der Waals surface area contributed by atoms with Gasteiger partial charge in [0.2, 0.25) is 0 Å². The monoisotopic (exact) mass is 227 g/mol. The summed E-state index contributed by atoms with van der Waals surface area (Å²) in [5.41, 5.74) is 3.66. The summed E-state index contributed by atoms with van der Waals surface area (Å²) in [6.07, 6.45) is 11.2. The number of allylic oxidation sites excluding steroid dienone is 8. The van der Waals surface area contributed by atoms with Crippen LogP contribution in [0.1, 0.15) is 27.7 Å². The molecule has 0 atom stereocenters. The zero-order valence-corrected chi connectivity index (χ0v) is 11.7. The Balaban J connectivity index is 4.55. The molecule has 0 unspecified atom stereocenters. The van der Waals surface area contributed by atoms with Gasteiger partial charge in [-0.05, 0) is 19.8 Å². The van der Waals surface area contributed by atoms with E-state index in [0.717, 1.165) is 6.32 Å². The average Bonchev–Trinajstić information content (AvgIpc) is 2.31. The van der Waals surface area contributed by atoms with E-state index in [2.05, 4.69) is 58.6 Å². The minimum atomic E-state index is 0.521. The van der Waals surface area contributed by atoms with Gasteiger partial charge in [-0.25, -0.2) is 0 Å². The lowest BCUT2D eigenvalue weighted by Crippen LogP contribution is -2.02. The van der Waals surface area contributed by atoms with Gasteiger partial charge in [-0.2, -0.15) is 0 Å². The van der Waals surface area contributed by atoms with E-state index in [1.807, 2.05) is 19.9 Å². The second-order valence-electron chi connectivity index (χ2n) is 4.49. The Hall–Kier alpha value is -1.24. The van der Waals surface area contributed by atoms with Crippen LogP contribution in [0.2, 0.25) is 6.32 Å². The van der Waals surface area contributed by atoms with E-state index in [4.69, 9.17) is 0 Å². The number of rotatable bonds is 7. The first-order chi connectivity index (χ1) is 8.01. The highest BCUT2D eigenvalue weighted by Gasteiger charge is 2.02. The topological polar surface area (TPSA) is 0 Å². The summed E-state index contributed by atoms with van der Waals surface area (Å²) in [7, 11) is 2.20. The van der Waals surface area contributed by atoms with Crippen molar-refractivity contribution in [3.05, 3.63) is 60.2 Å². The van der Waals surface area contributed by atoms with Crippen LogP contribution in [0.3, 0.4) is 0 Å². The van der Waals surface area contributed by atoms with Gasteiger partial charge in [0.1, 0.15) is 7.28 Å². The molecule has 0 aromatic heterocycles. The Labute approximate surface area is 108 Å². The first kappa shape index (κ1) is 15.8. The van der Waals surface area contributed by atoms with Gasteiger partial charge in [-0.3, -0.25) is 0 Å². The fourth-order valence-corrected chi connectivity index (χ4v) is 1.20. The molecule has 0 amide bonds. The van der Waals surface area contributed by atoms with Gasteiger partial charge < -0.3 is 0 Å². The van der Waals surface area contributed by atoms with Crippen molar-refractivity contribution < 1.29 is 0 Å². The van der Waals surface area contributed by atoms with Gasteiger partial charge in [-0.1, -0.05) is 68.3 Å². The summed E-state index contributed by atoms with van der Waals surface area (Å²) in [5.74, 6) is 0.521. The van der Waals surface area contributed by atoms with Gasteiger partial charge >= 0.3 is 0 Å². The molecule has 0 aliphatic heterocycles. The lowest BCUT2D eigenvalue weighted by atomic mass is 9.61. The van der Waals surface area contributed by atoms with Crippen LogP contribution < -0.4 is 0 Å². The third kappa shape index (κ3) is 7.62. The Morgan fingerprint density at radius 3 is 2.41 bits per heavy atom. The van der Waals surface area contributed by atoms with Gasteiger partial charge in [-0.15, -0.1) is 12.1 Å². The minimum Gasteiger partial charge on any atom is -0.113 e. The molecular weight excluding hydrogens is 203 g/mol. The summed E-state index contributed by atoms with van der Waals surface area (Å²) in [6.45, 7) is 16.2. The van der Waals surface area contributed by atoms with E-state index in [-0.39, 0.29) is 0 Å². The van der Waals surface area contributed by atoms with Crippen LogP contribution in [-0.4, -0.2) is 7.28 Å². The number of hydrogen-bond donors (Lipinski definition) is 0. The summed E-state index contributed by atoms with van der Waals surface area (Å²) < 4.78 is 0. The smallest absolute Gasteiger partial charge is 0.113 e. The van der Waals surface area contributed by atoms with Crippen LogP contribution in [-0.2, 0) is 0 Å².